The summed E-state index contributed by atoms with van der Waals surface area (Å²) < 4.78 is 0. The maximum absolute atomic E-state index is 15.0. The van der Waals surface area contributed by atoms with Crippen LogP contribution >= 0.6 is 11.8 Å². The van der Waals surface area contributed by atoms with Gasteiger partial charge in [-0.2, -0.15) is 11.8 Å². The molecule has 0 saturated heterocycles. The van der Waals surface area contributed by atoms with E-state index in [1.807, 2.05) is 27.7 Å². The molecule has 746 valence electrons. The number of rotatable bonds is 80. The van der Waals surface area contributed by atoms with Crippen molar-refractivity contribution in [3.8, 4) is 5.75 Å². The Hall–Kier alpha value is -9.79. The van der Waals surface area contributed by atoms with Crippen LogP contribution in [-0.4, -0.2) is 219 Å². The number of aliphatic carboxylic acids is 1. The Labute approximate surface area is 784 Å². The van der Waals surface area contributed by atoms with Gasteiger partial charge in [-0.3, -0.25) is 81.9 Å². The third-order valence-electron chi connectivity index (χ3n) is 23.4. The highest BCUT2D eigenvalue weighted by molar-refractivity contribution is 7.98. The van der Waals surface area contributed by atoms with E-state index in [4.69, 9.17) is 45.9 Å². The van der Waals surface area contributed by atoms with Crippen molar-refractivity contribution < 1.29 is 87.2 Å². The van der Waals surface area contributed by atoms with Gasteiger partial charge in [0.15, 0.2) is 46.6 Å². The van der Waals surface area contributed by atoms with Crippen LogP contribution in [0.3, 0.4) is 0 Å². The summed E-state index contributed by atoms with van der Waals surface area (Å²) >= 11 is 1.31. The lowest BCUT2D eigenvalue weighted by atomic mass is 9.88. The standard InChI is InChI=1S/C94H161N19O18S/c1-8-9-10-11-12-13-14-15-16-17-18-19-20-34-84(122)107-74(32-23-26-42-97)92(131)110-71(31-22-25-41-96)79(117)54-67(46-60(2)3)90(129)108-72(33-28-44-105-94(101)102)80(118)55-68(58-114)91(130)109-73(39-45-132-7)78(116)48-62(6)87(126)111-77(56-85(123)124)82(120)51-64(29-21-24-40-95)88(127)113-76(49-63-35-37-70(115)38-36-63)81(119)52-65(30-27-43-104-93(99)100)89(128)112-75(47-61(4)5)83(121)53-66(86(98)125)50-69-57-103-59-106-69/h35-38,57,59-62,64-68,71-77,114-115H,8-34,39-56,58,95-97H2,1-7H3,(H2,98,125)(H,103,106)(H,107,122)(H,108,129)(H,109,130)(H,110,131)(H,111,126)(H,112,128)(H,113,127)(H,123,124)(H4,99,100,104)(H4,101,102,105)/t62-,64+,65+,66+,67+,68+,71-,72-,73-,74-,75-,76-,77-/m0/s1. The number of H-pyrrole nitrogens is 1. The molecule has 0 unspecified atom stereocenters. The highest BCUT2D eigenvalue weighted by atomic mass is 32.2. The number of nitrogens with one attached hydrogen (secondary N) is 8. The number of nitrogens with zero attached hydrogens (tertiary/aromatic N) is 3. The van der Waals surface area contributed by atoms with Crippen molar-refractivity contribution in [1.82, 2.24) is 47.2 Å². The van der Waals surface area contributed by atoms with E-state index in [9.17, 15) is 87.2 Å². The first-order valence-electron chi connectivity index (χ1n) is 47.8. The minimum absolute atomic E-state index is 0.0102. The van der Waals surface area contributed by atoms with Crippen molar-refractivity contribution in [3.63, 3.8) is 0 Å². The number of imidazole rings is 1. The number of benzene rings is 1. The number of thioether (sulfide) groups is 1. The molecule has 0 aliphatic heterocycles. The molecule has 0 bridgehead atoms. The van der Waals surface area contributed by atoms with E-state index in [2.05, 4.69) is 64.1 Å². The molecular formula is C94H161N19O18S. The van der Waals surface area contributed by atoms with Gasteiger partial charge in [-0.05, 0) is 170 Å². The van der Waals surface area contributed by atoms with Gasteiger partial charge in [-0.15, -0.1) is 0 Å². The number of aromatic nitrogens is 2. The quantitative estimate of drug-likeness (QED) is 0.0219. The summed E-state index contributed by atoms with van der Waals surface area (Å²) in [6.45, 7) is 10.9. The predicted molar refractivity (Wildman–Crippen MR) is 511 cm³/mol. The number of primary amides is 1. The summed E-state index contributed by atoms with van der Waals surface area (Å²) in [6.07, 6.45) is 19.0. The second-order valence-corrected chi connectivity index (χ2v) is 37.0. The number of aliphatic hydroxyl groups excluding tert-OH is 1. The van der Waals surface area contributed by atoms with Crippen molar-refractivity contribution in [1.29, 1.82) is 0 Å². The van der Waals surface area contributed by atoms with Crippen molar-refractivity contribution >= 4 is 112 Å². The molecule has 27 N–H and O–H groups in total. The van der Waals surface area contributed by atoms with Crippen LogP contribution in [0.25, 0.3) is 0 Å². The van der Waals surface area contributed by atoms with E-state index in [0.29, 0.717) is 62.9 Å². The molecule has 8 amide bonds. The first-order valence-corrected chi connectivity index (χ1v) is 49.1. The molecule has 37 nitrogen and oxygen atoms in total. The van der Waals surface area contributed by atoms with Gasteiger partial charge in [-0.25, -0.2) is 4.98 Å². The summed E-state index contributed by atoms with van der Waals surface area (Å²) in [4.78, 5) is 228. The van der Waals surface area contributed by atoms with Crippen LogP contribution in [0.15, 0.2) is 46.8 Å². The summed E-state index contributed by atoms with van der Waals surface area (Å²) in [5.74, 6) is -19.2. The van der Waals surface area contributed by atoms with Gasteiger partial charge in [-0.1, -0.05) is 137 Å². The second kappa shape index (κ2) is 69.1. The number of aliphatic imine (C=N–C) groups is 2. The predicted octanol–water partition coefficient (Wildman–Crippen LogP) is 5.54. The third kappa shape index (κ3) is 52.0. The van der Waals surface area contributed by atoms with Gasteiger partial charge in [0.05, 0.1) is 67.4 Å². The van der Waals surface area contributed by atoms with Crippen LogP contribution in [0.5, 0.6) is 5.75 Å². The van der Waals surface area contributed by atoms with Gasteiger partial charge in [0.25, 0.3) is 0 Å². The number of aliphatic hydroxyl groups is 1. The topological polar surface area (TPSA) is 663 Å². The molecule has 0 aliphatic carbocycles. The van der Waals surface area contributed by atoms with Gasteiger partial charge in [0.1, 0.15) is 11.8 Å². The van der Waals surface area contributed by atoms with Crippen molar-refractivity contribution in [2.45, 2.75) is 334 Å². The number of guanidine groups is 2. The van der Waals surface area contributed by atoms with E-state index in [-0.39, 0.29) is 164 Å². The summed E-state index contributed by atoms with van der Waals surface area (Å²) in [7, 11) is 0. The molecule has 1 heterocycles. The third-order valence-corrected chi connectivity index (χ3v) is 24.0. The molecule has 1 aromatic carbocycles. The zero-order valence-electron chi connectivity index (χ0n) is 79.5. The van der Waals surface area contributed by atoms with Crippen molar-refractivity contribution in [2.75, 3.05) is 51.3 Å². The normalized spacial score (nSPS) is 14.3. The number of nitrogens with two attached hydrogens (primary N) is 8. The van der Waals surface area contributed by atoms with Crippen LogP contribution < -0.4 is 83.1 Å². The number of amides is 8. The molecule has 0 fully saturated rings. The Bertz CT molecular complexity index is 3860. The minimum Gasteiger partial charge on any atom is -0.508 e. The molecule has 0 radical (unpaired) electrons. The average Bonchev–Trinajstić information content (AvgIpc) is 0.870. The Kier molecular flexibility index (Phi) is 61.9. The number of ketones is 6. The van der Waals surface area contributed by atoms with E-state index < -0.39 is 199 Å². The van der Waals surface area contributed by atoms with E-state index in [0.717, 1.165) is 25.7 Å². The number of aromatic hydroxyl groups is 1. The number of unbranched alkanes of at least 4 members (excludes halogenated alkanes) is 15. The fourth-order valence-electron chi connectivity index (χ4n) is 15.7. The summed E-state index contributed by atoms with van der Waals surface area (Å²) in [6, 6.07) is -3.37. The lowest BCUT2D eigenvalue weighted by molar-refractivity contribution is -0.141. The van der Waals surface area contributed by atoms with Gasteiger partial charge in [0.2, 0.25) is 47.3 Å². The number of carbonyl (C=O) groups excluding carboxylic acids is 14. The maximum Gasteiger partial charge on any atom is 0.305 e. The Morgan fingerprint density at radius 2 is 0.826 bits per heavy atom. The van der Waals surface area contributed by atoms with E-state index >= 15 is 0 Å². The zero-order valence-corrected chi connectivity index (χ0v) is 80.3. The molecule has 13 atom stereocenters. The number of phenols is 1. The van der Waals surface area contributed by atoms with Crippen LogP contribution in [-0.2, 0) is 84.8 Å². The molecule has 38 heteroatoms. The first kappa shape index (κ1) is 118. The number of hydrogen-bond donors (Lipinski definition) is 19. The van der Waals surface area contributed by atoms with Crippen LogP contribution in [0.2, 0.25) is 0 Å². The molecule has 2 aromatic rings. The Morgan fingerprint density at radius 1 is 0.417 bits per heavy atom. The zero-order chi connectivity index (χ0) is 98.5. The van der Waals surface area contributed by atoms with Crippen LogP contribution in [0, 0.1) is 47.3 Å². The molecule has 0 spiro atoms. The van der Waals surface area contributed by atoms with Gasteiger partial charge >= 0.3 is 5.97 Å². The lowest BCUT2D eigenvalue weighted by Gasteiger charge is -2.27. The minimum atomic E-state index is -1.79. The average molecular weight is 1880 g/mol. The van der Waals surface area contributed by atoms with Crippen LogP contribution in [0.4, 0.5) is 0 Å². The van der Waals surface area contributed by atoms with E-state index in [1.165, 1.54) is 107 Å². The summed E-state index contributed by atoms with van der Waals surface area (Å²) in [5.41, 5.74) is 46.9. The molecule has 132 heavy (non-hydrogen) atoms. The molecular weight excluding hydrogens is 1720 g/mol. The molecule has 0 aliphatic rings. The fraction of sp³-hybridized carbons (Fsp3) is 0.723. The van der Waals surface area contributed by atoms with Gasteiger partial charge in [0, 0.05) is 100 Å². The summed E-state index contributed by atoms with van der Waals surface area (Å²) in [5, 5.41) is 50.6. The molecule has 0 saturated carbocycles. The number of carboxylic acids is 1. The second-order valence-electron chi connectivity index (χ2n) is 36.0. The Balaban J connectivity index is 2.46. The lowest BCUT2D eigenvalue weighted by Crippen LogP contribution is -2.52. The maximum atomic E-state index is 15.0. The highest BCUT2D eigenvalue weighted by Gasteiger charge is 2.39. The van der Waals surface area contributed by atoms with Crippen LogP contribution in [0.1, 0.15) is 290 Å². The van der Waals surface area contributed by atoms with E-state index in [1.54, 1.807) is 6.26 Å². The largest absolute Gasteiger partial charge is 0.508 e. The molecule has 2 rings (SSSR count). The number of carboxylic acid groups (broad SMARTS) is 1. The first-order chi connectivity index (χ1) is 62.9. The van der Waals surface area contributed by atoms with Gasteiger partial charge < -0.3 is 103 Å². The number of hydrogen-bond acceptors (Lipinski definition) is 24. The van der Waals surface area contributed by atoms with Crippen molar-refractivity contribution in [2.24, 2.45) is 103 Å². The molecule has 1 aromatic heterocycles. The Morgan fingerprint density at radius 3 is 1.32 bits per heavy atom. The number of phenolic OH excluding ortho intramolecular Hbond substituents is 1. The van der Waals surface area contributed by atoms with Crippen molar-refractivity contribution in [3.05, 3.63) is 48.0 Å². The SMILES string of the molecule is CCCCCCCCCCCCCCCC(=O)N[C@@H](CCCCN)C(=O)N[C@@H](CCCCN)C(=O)C[C@@H](CC(C)C)C(=O)N[C@@H](CCCN=C(N)N)C(=O)C[C@H](CO)C(=O)N[C@@H](CCSC)C(=O)C[C@H](C)C(=O)N[C@@H](CC(=O)O)C(=O)C[C@@H](CCCCN)C(=O)N[C@@H](Cc1ccc(O)cc1)C(=O)C[C@@H](CCCN=C(N)N)C(=O)N[C@@H](CC(C)C)C(=O)C[C@@H](Cc1cnc[nH]1)C(N)=O. The smallest absolute Gasteiger partial charge is 0.305 e. The number of Topliss-reactive ketones (excluding diaryl/α,β-unsaturated/α-hetero) is 6. The monoisotopic (exact) mass is 1880 g/mol. The number of carbonyl (C=O) groups is 15. The highest BCUT2D eigenvalue weighted by Crippen LogP contribution is 2.27. The fourth-order valence-corrected chi connectivity index (χ4v) is 16.2. The number of aromatic amines is 1.